The van der Waals surface area contributed by atoms with Crippen molar-refractivity contribution in [3.8, 4) is 5.75 Å². The lowest BCUT2D eigenvalue weighted by Crippen LogP contribution is -1.96. The van der Waals surface area contributed by atoms with Crippen LogP contribution in [-0.4, -0.2) is 27.3 Å². The summed E-state index contributed by atoms with van der Waals surface area (Å²) in [6.45, 7) is 2.08. The van der Waals surface area contributed by atoms with Gasteiger partial charge < -0.3 is 4.74 Å². The highest BCUT2D eigenvalue weighted by Crippen LogP contribution is 2.36. The van der Waals surface area contributed by atoms with Crippen LogP contribution in [0.3, 0.4) is 0 Å². The van der Waals surface area contributed by atoms with Gasteiger partial charge in [-0.2, -0.15) is 0 Å². The van der Waals surface area contributed by atoms with Crippen molar-refractivity contribution >= 4 is 23.4 Å². The number of halogens is 1. The van der Waals surface area contributed by atoms with Crippen LogP contribution in [0.15, 0.2) is 23.4 Å². The van der Waals surface area contributed by atoms with E-state index in [0.717, 1.165) is 10.7 Å². The van der Waals surface area contributed by atoms with Crippen LogP contribution in [0.25, 0.3) is 0 Å². The van der Waals surface area contributed by atoms with Crippen molar-refractivity contribution in [2.75, 3.05) is 7.11 Å². The quantitative estimate of drug-likeness (QED) is 0.808. The number of thioether (sulfide) groups is 1. The normalized spacial score (nSPS) is 12.4. The van der Waals surface area contributed by atoms with E-state index in [-0.39, 0.29) is 5.25 Å². The van der Waals surface area contributed by atoms with Crippen LogP contribution in [0, 0.1) is 0 Å². The zero-order valence-corrected chi connectivity index (χ0v) is 11.9. The van der Waals surface area contributed by atoms with Gasteiger partial charge in [-0.3, -0.25) is 0 Å². The summed E-state index contributed by atoms with van der Waals surface area (Å²) >= 11 is 7.69. The van der Waals surface area contributed by atoms with Gasteiger partial charge in [0.1, 0.15) is 5.75 Å². The molecule has 5 nitrogen and oxygen atoms in total. The largest absolute Gasteiger partial charge is 0.495 e. The van der Waals surface area contributed by atoms with E-state index in [9.17, 15) is 0 Å². The van der Waals surface area contributed by atoms with Crippen molar-refractivity contribution in [1.29, 1.82) is 0 Å². The molecule has 18 heavy (non-hydrogen) atoms. The Morgan fingerprint density at radius 1 is 1.44 bits per heavy atom. The molecule has 1 atom stereocenters. The van der Waals surface area contributed by atoms with E-state index in [1.54, 1.807) is 23.6 Å². The highest BCUT2D eigenvalue weighted by Gasteiger charge is 2.13. The first-order chi connectivity index (χ1) is 8.61. The van der Waals surface area contributed by atoms with Gasteiger partial charge >= 0.3 is 0 Å². The van der Waals surface area contributed by atoms with Crippen LogP contribution in [0.4, 0.5) is 0 Å². The van der Waals surface area contributed by atoms with Gasteiger partial charge in [-0.1, -0.05) is 29.4 Å². The minimum absolute atomic E-state index is 0.207. The van der Waals surface area contributed by atoms with E-state index in [0.29, 0.717) is 10.8 Å². The maximum atomic E-state index is 6.11. The molecule has 0 saturated carbocycles. The second-order valence-electron chi connectivity index (χ2n) is 3.74. The predicted octanol–water partition coefficient (Wildman–Crippen LogP) is 2.73. The summed E-state index contributed by atoms with van der Waals surface area (Å²) in [5.41, 5.74) is 1.11. The maximum absolute atomic E-state index is 6.11. The Kier molecular flexibility index (Phi) is 4.08. The molecule has 0 spiro atoms. The number of aromatic nitrogens is 4. The molecule has 1 heterocycles. The second-order valence-corrected chi connectivity index (χ2v) is 5.45. The Morgan fingerprint density at radius 3 is 2.78 bits per heavy atom. The van der Waals surface area contributed by atoms with Gasteiger partial charge in [0.25, 0.3) is 0 Å². The Labute approximate surface area is 114 Å². The minimum Gasteiger partial charge on any atom is -0.495 e. The molecule has 0 N–H and O–H groups in total. The third-order valence-electron chi connectivity index (χ3n) is 2.51. The maximum Gasteiger partial charge on any atom is 0.209 e. The Hall–Kier alpha value is -1.27. The number of rotatable bonds is 4. The number of aryl methyl sites for hydroxylation is 1. The van der Waals surface area contributed by atoms with E-state index in [1.807, 2.05) is 25.2 Å². The number of ether oxygens (including phenoxy) is 1. The van der Waals surface area contributed by atoms with Crippen molar-refractivity contribution in [1.82, 2.24) is 20.2 Å². The highest BCUT2D eigenvalue weighted by atomic mass is 35.5. The standard InChI is InChI=1S/C11H13ClN4OS/c1-7(18-11-13-14-15-16(11)2)8-4-5-10(17-3)9(12)6-8/h4-7H,1-3H3/t7-/m1/s1. The molecule has 1 aromatic carbocycles. The Bertz CT molecular complexity index is 546. The molecule has 0 fully saturated rings. The molecule has 0 radical (unpaired) electrons. The molecule has 0 amide bonds. The number of methoxy groups -OCH3 is 1. The molecule has 0 aliphatic heterocycles. The summed E-state index contributed by atoms with van der Waals surface area (Å²) in [5, 5.41) is 12.9. The molecule has 7 heteroatoms. The lowest BCUT2D eigenvalue weighted by atomic mass is 10.1. The Balaban J connectivity index is 2.16. The number of tetrazole rings is 1. The SMILES string of the molecule is COc1ccc([C@@H](C)Sc2nnnn2C)cc1Cl. The van der Waals surface area contributed by atoms with Crippen LogP contribution in [0.2, 0.25) is 5.02 Å². The van der Waals surface area contributed by atoms with Gasteiger partial charge in [0, 0.05) is 12.3 Å². The van der Waals surface area contributed by atoms with Gasteiger partial charge in [-0.05, 0) is 35.0 Å². The predicted molar refractivity (Wildman–Crippen MR) is 71.1 cm³/mol. The summed E-state index contributed by atoms with van der Waals surface area (Å²) in [7, 11) is 3.42. The van der Waals surface area contributed by atoms with E-state index in [2.05, 4.69) is 22.4 Å². The zero-order chi connectivity index (χ0) is 13.1. The molecule has 0 aliphatic carbocycles. The summed E-state index contributed by atoms with van der Waals surface area (Å²) in [4.78, 5) is 0. The monoisotopic (exact) mass is 284 g/mol. The van der Waals surface area contributed by atoms with Gasteiger partial charge in [0.15, 0.2) is 0 Å². The van der Waals surface area contributed by atoms with Crippen molar-refractivity contribution in [3.05, 3.63) is 28.8 Å². The molecule has 1 aromatic heterocycles. The van der Waals surface area contributed by atoms with Crippen molar-refractivity contribution in [2.24, 2.45) is 7.05 Å². The molecule has 2 aromatic rings. The summed E-state index contributed by atoms with van der Waals surface area (Å²) in [6.07, 6.45) is 0. The molecule has 2 rings (SSSR count). The van der Waals surface area contributed by atoms with Gasteiger partial charge in [0.2, 0.25) is 5.16 Å². The van der Waals surface area contributed by atoms with Crippen molar-refractivity contribution in [3.63, 3.8) is 0 Å². The highest BCUT2D eigenvalue weighted by molar-refractivity contribution is 7.99. The third kappa shape index (κ3) is 2.76. The minimum atomic E-state index is 0.207. The first-order valence-corrected chi connectivity index (χ1v) is 6.60. The van der Waals surface area contributed by atoms with Crippen LogP contribution in [0.5, 0.6) is 5.75 Å². The van der Waals surface area contributed by atoms with Gasteiger partial charge in [-0.15, -0.1) is 5.10 Å². The molecular formula is C11H13ClN4OS. The molecule has 0 saturated heterocycles. The number of benzene rings is 1. The van der Waals surface area contributed by atoms with E-state index < -0.39 is 0 Å². The molecular weight excluding hydrogens is 272 g/mol. The number of nitrogens with zero attached hydrogens (tertiary/aromatic N) is 4. The van der Waals surface area contributed by atoms with E-state index in [1.165, 1.54) is 0 Å². The topological polar surface area (TPSA) is 52.8 Å². The average molecular weight is 285 g/mol. The fraction of sp³-hybridized carbons (Fsp3) is 0.364. The third-order valence-corrected chi connectivity index (χ3v) is 3.99. The lowest BCUT2D eigenvalue weighted by molar-refractivity contribution is 0.415. The van der Waals surface area contributed by atoms with Crippen LogP contribution < -0.4 is 4.74 Å². The average Bonchev–Trinajstić information content (AvgIpc) is 2.75. The summed E-state index contributed by atoms with van der Waals surface area (Å²) < 4.78 is 6.77. The zero-order valence-electron chi connectivity index (χ0n) is 10.3. The van der Waals surface area contributed by atoms with Crippen LogP contribution in [-0.2, 0) is 7.05 Å². The smallest absolute Gasteiger partial charge is 0.209 e. The fourth-order valence-electron chi connectivity index (χ4n) is 1.48. The molecule has 0 unspecified atom stereocenters. The first kappa shape index (κ1) is 13.2. The van der Waals surface area contributed by atoms with Crippen LogP contribution in [0.1, 0.15) is 17.7 Å². The van der Waals surface area contributed by atoms with E-state index in [4.69, 9.17) is 16.3 Å². The van der Waals surface area contributed by atoms with E-state index >= 15 is 0 Å². The second kappa shape index (κ2) is 5.58. The molecule has 0 bridgehead atoms. The molecule has 96 valence electrons. The van der Waals surface area contributed by atoms with Gasteiger partial charge in [-0.25, -0.2) is 4.68 Å². The number of hydrogen-bond donors (Lipinski definition) is 0. The molecule has 0 aliphatic rings. The van der Waals surface area contributed by atoms with Crippen molar-refractivity contribution < 1.29 is 4.74 Å². The van der Waals surface area contributed by atoms with Gasteiger partial charge in [0.05, 0.1) is 12.1 Å². The summed E-state index contributed by atoms with van der Waals surface area (Å²) in [5.74, 6) is 0.679. The van der Waals surface area contributed by atoms with Crippen LogP contribution >= 0.6 is 23.4 Å². The fourth-order valence-corrected chi connectivity index (χ4v) is 2.62. The Morgan fingerprint density at radius 2 is 2.22 bits per heavy atom. The lowest BCUT2D eigenvalue weighted by Gasteiger charge is -2.12. The first-order valence-electron chi connectivity index (χ1n) is 5.34. The summed E-state index contributed by atoms with van der Waals surface area (Å²) in [6, 6.07) is 5.76. The number of hydrogen-bond acceptors (Lipinski definition) is 5. The van der Waals surface area contributed by atoms with Crippen molar-refractivity contribution in [2.45, 2.75) is 17.3 Å².